The molecule has 1 atom stereocenters. The molecule has 0 spiro atoms. The van der Waals surface area contributed by atoms with Crippen molar-refractivity contribution in [3.8, 4) is 5.75 Å². The highest BCUT2D eigenvalue weighted by Crippen LogP contribution is 2.23. The van der Waals surface area contributed by atoms with E-state index < -0.39 is 10.0 Å². The summed E-state index contributed by atoms with van der Waals surface area (Å²) in [5.41, 5.74) is 2.24. The summed E-state index contributed by atoms with van der Waals surface area (Å²) < 4.78 is 30.8. The van der Waals surface area contributed by atoms with Crippen LogP contribution in [0.4, 0.5) is 0 Å². The molecule has 0 fully saturated rings. The Morgan fingerprint density at radius 2 is 1.86 bits per heavy atom. The van der Waals surface area contributed by atoms with Gasteiger partial charge in [0.2, 0.25) is 10.0 Å². The van der Waals surface area contributed by atoms with E-state index in [1.54, 1.807) is 7.05 Å². The SMILES string of the molecule is CN=C(NCCCNS(C)(=O)=O)NCc1ccc(C)cc1OC(C)CC(C)C.I. The second-order valence-electron chi connectivity index (χ2n) is 7.54. The first kappa shape index (κ1) is 27.9. The van der Waals surface area contributed by atoms with Gasteiger partial charge in [-0.15, -0.1) is 24.0 Å². The number of hydrogen-bond acceptors (Lipinski definition) is 4. The highest BCUT2D eigenvalue weighted by atomic mass is 127. The van der Waals surface area contributed by atoms with E-state index in [9.17, 15) is 8.42 Å². The topological polar surface area (TPSA) is 91.8 Å². The number of halogens is 1. The largest absolute Gasteiger partial charge is 0.490 e. The zero-order valence-corrected chi connectivity index (χ0v) is 21.6. The smallest absolute Gasteiger partial charge is 0.208 e. The van der Waals surface area contributed by atoms with Gasteiger partial charge in [0.05, 0.1) is 12.4 Å². The molecule has 1 aromatic carbocycles. The first-order chi connectivity index (χ1) is 13.1. The van der Waals surface area contributed by atoms with Gasteiger partial charge in [-0.2, -0.15) is 0 Å². The number of nitrogens with one attached hydrogen (secondary N) is 3. The molecule has 0 amide bonds. The summed E-state index contributed by atoms with van der Waals surface area (Å²) >= 11 is 0. The van der Waals surface area contributed by atoms with Gasteiger partial charge >= 0.3 is 0 Å². The maximum absolute atomic E-state index is 11.1. The molecule has 0 aliphatic rings. The number of hydrogen-bond donors (Lipinski definition) is 3. The predicted octanol–water partition coefficient (Wildman–Crippen LogP) is 3.03. The third kappa shape index (κ3) is 13.0. The Bertz CT molecular complexity index is 739. The first-order valence-electron chi connectivity index (χ1n) is 9.76. The standard InChI is InChI=1S/C20H36N4O3S.HI/c1-15(2)12-17(4)27-19-13-16(3)8-9-18(19)14-23-20(21-5)22-10-7-11-24-28(6,25)26;/h8-9,13,15,17,24H,7,10-12,14H2,1-6H3,(H2,21,22,23);1H. The van der Waals surface area contributed by atoms with Gasteiger partial charge in [-0.05, 0) is 44.2 Å². The van der Waals surface area contributed by atoms with Crippen molar-refractivity contribution in [2.75, 3.05) is 26.4 Å². The zero-order chi connectivity index (χ0) is 21.2. The Hall–Kier alpha value is -1.07. The molecule has 1 aromatic rings. The minimum absolute atomic E-state index is 0. The molecular weight excluding hydrogens is 503 g/mol. The second-order valence-corrected chi connectivity index (χ2v) is 9.37. The number of nitrogens with zero attached hydrogens (tertiary/aromatic N) is 1. The van der Waals surface area contributed by atoms with E-state index in [0.29, 0.717) is 37.9 Å². The summed E-state index contributed by atoms with van der Waals surface area (Å²) in [5, 5.41) is 6.47. The lowest BCUT2D eigenvalue weighted by molar-refractivity contribution is 0.191. The summed E-state index contributed by atoms with van der Waals surface area (Å²) in [5.74, 6) is 2.15. The summed E-state index contributed by atoms with van der Waals surface area (Å²) in [7, 11) is -1.43. The van der Waals surface area contributed by atoms with Gasteiger partial charge in [0.25, 0.3) is 0 Å². The minimum atomic E-state index is -3.14. The number of sulfonamides is 1. The number of guanidine groups is 1. The monoisotopic (exact) mass is 540 g/mol. The normalized spacial score (nSPS) is 13.0. The Morgan fingerprint density at radius 1 is 1.17 bits per heavy atom. The van der Waals surface area contributed by atoms with Crippen LogP contribution in [-0.2, 0) is 16.6 Å². The summed E-state index contributed by atoms with van der Waals surface area (Å²) in [6, 6.07) is 6.22. The van der Waals surface area contributed by atoms with Gasteiger partial charge in [0, 0.05) is 32.2 Å². The van der Waals surface area contributed by atoms with Crippen molar-refractivity contribution in [1.29, 1.82) is 0 Å². The van der Waals surface area contributed by atoms with Gasteiger partial charge in [0.1, 0.15) is 5.75 Å². The molecule has 0 radical (unpaired) electrons. The minimum Gasteiger partial charge on any atom is -0.490 e. The average molecular weight is 541 g/mol. The van der Waals surface area contributed by atoms with Crippen LogP contribution in [0.15, 0.2) is 23.2 Å². The number of ether oxygens (including phenoxy) is 1. The molecule has 168 valence electrons. The Labute approximate surface area is 193 Å². The fourth-order valence-corrected chi connectivity index (χ4v) is 3.31. The fourth-order valence-electron chi connectivity index (χ4n) is 2.80. The molecule has 3 N–H and O–H groups in total. The first-order valence-corrected chi connectivity index (χ1v) is 11.6. The van der Waals surface area contributed by atoms with Gasteiger partial charge in [-0.3, -0.25) is 4.99 Å². The second kappa shape index (κ2) is 14.0. The van der Waals surface area contributed by atoms with E-state index in [-0.39, 0.29) is 30.1 Å². The summed E-state index contributed by atoms with van der Waals surface area (Å²) in [6.07, 6.45) is 2.98. The van der Waals surface area contributed by atoms with E-state index in [1.165, 1.54) is 0 Å². The molecular formula is C20H37IN4O3S. The number of rotatable bonds is 11. The van der Waals surface area contributed by atoms with Crippen LogP contribution in [-0.4, -0.2) is 46.9 Å². The lowest BCUT2D eigenvalue weighted by Gasteiger charge is -2.20. The molecule has 0 aromatic heterocycles. The molecule has 0 bridgehead atoms. The van der Waals surface area contributed by atoms with Crippen molar-refractivity contribution < 1.29 is 13.2 Å². The molecule has 1 rings (SSSR count). The average Bonchev–Trinajstić information content (AvgIpc) is 2.57. The molecule has 29 heavy (non-hydrogen) atoms. The number of aliphatic imine (C=N–C) groups is 1. The van der Waals surface area contributed by atoms with Crippen LogP contribution in [0.25, 0.3) is 0 Å². The quantitative estimate of drug-likeness (QED) is 0.174. The Kier molecular flexibility index (Phi) is 13.5. The van der Waals surface area contributed by atoms with Crippen molar-refractivity contribution in [2.24, 2.45) is 10.9 Å². The Morgan fingerprint density at radius 3 is 2.45 bits per heavy atom. The van der Waals surface area contributed by atoms with Gasteiger partial charge in [0.15, 0.2) is 5.96 Å². The molecule has 0 aliphatic heterocycles. The van der Waals surface area contributed by atoms with Crippen LogP contribution in [0.1, 0.15) is 44.7 Å². The van der Waals surface area contributed by atoms with Crippen LogP contribution in [0, 0.1) is 12.8 Å². The predicted molar refractivity (Wildman–Crippen MR) is 132 cm³/mol. The van der Waals surface area contributed by atoms with E-state index >= 15 is 0 Å². The summed E-state index contributed by atoms with van der Waals surface area (Å²) in [6.45, 7) is 10.1. The van der Waals surface area contributed by atoms with Crippen LogP contribution in [0.5, 0.6) is 5.75 Å². The Balaban J connectivity index is 0.00000784. The van der Waals surface area contributed by atoms with Crippen molar-refractivity contribution in [3.05, 3.63) is 29.3 Å². The van der Waals surface area contributed by atoms with E-state index in [2.05, 4.69) is 66.2 Å². The highest BCUT2D eigenvalue weighted by Gasteiger charge is 2.11. The van der Waals surface area contributed by atoms with Crippen LogP contribution >= 0.6 is 24.0 Å². The van der Waals surface area contributed by atoms with Crippen molar-refractivity contribution in [2.45, 2.75) is 53.2 Å². The van der Waals surface area contributed by atoms with Crippen molar-refractivity contribution >= 4 is 40.0 Å². The zero-order valence-electron chi connectivity index (χ0n) is 18.4. The van der Waals surface area contributed by atoms with Crippen molar-refractivity contribution in [3.63, 3.8) is 0 Å². The van der Waals surface area contributed by atoms with Crippen molar-refractivity contribution in [1.82, 2.24) is 15.4 Å². The molecule has 0 heterocycles. The maximum Gasteiger partial charge on any atom is 0.208 e. The van der Waals surface area contributed by atoms with Gasteiger partial charge < -0.3 is 15.4 Å². The lowest BCUT2D eigenvalue weighted by atomic mass is 10.1. The van der Waals surface area contributed by atoms with Crippen LogP contribution in [0.3, 0.4) is 0 Å². The maximum atomic E-state index is 11.1. The van der Waals surface area contributed by atoms with Crippen LogP contribution in [0.2, 0.25) is 0 Å². The third-order valence-electron chi connectivity index (χ3n) is 4.03. The molecule has 7 nitrogen and oxygen atoms in total. The molecule has 1 unspecified atom stereocenters. The molecule has 0 saturated carbocycles. The fraction of sp³-hybridized carbons (Fsp3) is 0.650. The lowest BCUT2D eigenvalue weighted by Crippen LogP contribution is -2.38. The van der Waals surface area contributed by atoms with Gasteiger partial charge in [-0.1, -0.05) is 26.0 Å². The molecule has 0 saturated heterocycles. The molecule has 0 aliphatic carbocycles. The highest BCUT2D eigenvalue weighted by molar-refractivity contribution is 14.0. The van der Waals surface area contributed by atoms with Crippen LogP contribution < -0.4 is 20.1 Å². The van der Waals surface area contributed by atoms with Gasteiger partial charge in [-0.25, -0.2) is 13.1 Å². The summed E-state index contributed by atoms with van der Waals surface area (Å²) in [4.78, 5) is 4.21. The third-order valence-corrected chi connectivity index (χ3v) is 4.76. The van der Waals surface area contributed by atoms with E-state index in [4.69, 9.17) is 4.74 Å². The number of benzene rings is 1. The van der Waals surface area contributed by atoms with E-state index in [1.807, 2.05) is 0 Å². The van der Waals surface area contributed by atoms with E-state index in [0.717, 1.165) is 29.6 Å². The molecule has 9 heteroatoms. The number of aryl methyl sites for hydroxylation is 1.